The van der Waals surface area contributed by atoms with E-state index in [0.717, 1.165) is 43.9 Å². The zero-order chi connectivity index (χ0) is 16.9. The molecule has 1 aliphatic rings. The number of anilines is 2. The zero-order valence-electron chi connectivity index (χ0n) is 14.7. The average molecular weight is 326 g/mol. The molecule has 0 aromatic heterocycles. The number of hydrogen-bond donors (Lipinski definition) is 0. The normalized spacial score (nSPS) is 16.5. The van der Waals surface area contributed by atoms with Crippen molar-refractivity contribution in [2.45, 2.75) is 32.7 Å². The Balaban J connectivity index is 1.81. The van der Waals surface area contributed by atoms with Crippen molar-refractivity contribution in [3.05, 3.63) is 60.4 Å². The van der Waals surface area contributed by atoms with Gasteiger partial charge in [-0.2, -0.15) is 0 Å². The van der Waals surface area contributed by atoms with E-state index < -0.39 is 0 Å². The predicted molar refractivity (Wildman–Crippen MR) is 99.3 cm³/mol. The summed E-state index contributed by atoms with van der Waals surface area (Å²) in [6.07, 6.45) is 2.22. The lowest BCUT2D eigenvalue weighted by atomic mass is 10.00. The zero-order valence-corrected chi connectivity index (χ0v) is 14.7. The van der Waals surface area contributed by atoms with Gasteiger partial charge >= 0.3 is 0 Å². The summed E-state index contributed by atoms with van der Waals surface area (Å²) in [6.45, 7) is 7.94. The summed E-state index contributed by atoms with van der Waals surface area (Å²) < 4.78 is 13.8. The van der Waals surface area contributed by atoms with E-state index in [1.165, 1.54) is 6.07 Å². The van der Waals surface area contributed by atoms with E-state index in [0.29, 0.717) is 12.0 Å². The van der Waals surface area contributed by atoms with Crippen molar-refractivity contribution in [1.82, 2.24) is 4.90 Å². The summed E-state index contributed by atoms with van der Waals surface area (Å²) in [6, 6.07) is 17.7. The Kier molecular flexibility index (Phi) is 5.52. The third-order valence-corrected chi connectivity index (χ3v) is 4.67. The molecular weight excluding hydrogens is 299 g/mol. The van der Waals surface area contributed by atoms with Crippen molar-refractivity contribution < 1.29 is 4.39 Å². The van der Waals surface area contributed by atoms with E-state index in [2.05, 4.69) is 47.9 Å². The molecular formula is C21H27FN2. The number of para-hydroxylation sites is 1. The largest absolute Gasteiger partial charge is 0.338 e. The third kappa shape index (κ3) is 4.15. The van der Waals surface area contributed by atoms with Gasteiger partial charge in [-0.25, -0.2) is 4.39 Å². The van der Waals surface area contributed by atoms with Crippen LogP contribution < -0.4 is 4.90 Å². The smallest absolute Gasteiger partial charge is 0.125 e. The summed E-state index contributed by atoms with van der Waals surface area (Å²) in [5, 5.41) is 0. The number of halogens is 1. The van der Waals surface area contributed by atoms with Crippen LogP contribution in [0.1, 0.15) is 26.7 Å². The maximum absolute atomic E-state index is 13.8. The highest BCUT2D eigenvalue weighted by atomic mass is 19.1. The van der Waals surface area contributed by atoms with Crippen molar-refractivity contribution in [2.24, 2.45) is 5.92 Å². The molecule has 0 aliphatic carbocycles. The van der Waals surface area contributed by atoms with Crippen LogP contribution in [0.15, 0.2) is 54.6 Å². The molecule has 2 aromatic carbocycles. The van der Waals surface area contributed by atoms with Crippen LogP contribution in [0.25, 0.3) is 0 Å². The lowest BCUT2D eigenvalue weighted by Gasteiger charge is -2.40. The second-order valence-corrected chi connectivity index (χ2v) is 7.11. The molecule has 2 aromatic rings. The topological polar surface area (TPSA) is 6.48 Å². The fourth-order valence-electron chi connectivity index (χ4n) is 3.66. The monoisotopic (exact) mass is 326 g/mol. The highest BCUT2D eigenvalue weighted by Gasteiger charge is 2.26. The van der Waals surface area contributed by atoms with Crippen LogP contribution in [0.5, 0.6) is 0 Å². The first-order valence-corrected chi connectivity index (χ1v) is 8.95. The summed E-state index contributed by atoms with van der Waals surface area (Å²) in [5.41, 5.74) is 2.09. The van der Waals surface area contributed by atoms with Crippen LogP contribution in [0.3, 0.4) is 0 Å². The predicted octanol–water partition coefficient (Wildman–Crippen LogP) is 5.08. The second kappa shape index (κ2) is 7.80. The van der Waals surface area contributed by atoms with Crippen molar-refractivity contribution in [2.75, 3.05) is 24.5 Å². The Hall–Kier alpha value is -1.87. The van der Waals surface area contributed by atoms with Crippen molar-refractivity contribution >= 4 is 11.4 Å². The van der Waals surface area contributed by atoms with Gasteiger partial charge < -0.3 is 9.80 Å². The van der Waals surface area contributed by atoms with Crippen LogP contribution in [-0.2, 0) is 0 Å². The van der Waals surface area contributed by atoms with Crippen LogP contribution in [0, 0.1) is 11.7 Å². The van der Waals surface area contributed by atoms with Gasteiger partial charge in [0.1, 0.15) is 5.82 Å². The van der Waals surface area contributed by atoms with E-state index in [4.69, 9.17) is 0 Å². The van der Waals surface area contributed by atoms with Gasteiger partial charge in [0.2, 0.25) is 0 Å². The minimum absolute atomic E-state index is 0.175. The standard InChI is InChI=1S/C21H27FN2/c1-17(2)16-23-13-11-20(12-14-23)24(19-8-4-3-5-9-19)21-10-6-7-18(22)15-21/h3-10,15,17,20H,11-14,16H2,1-2H3. The second-order valence-electron chi connectivity index (χ2n) is 7.11. The Morgan fingerprint density at radius 3 is 2.29 bits per heavy atom. The van der Waals surface area contributed by atoms with Crippen LogP contribution >= 0.6 is 0 Å². The highest BCUT2D eigenvalue weighted by molar-refractivity contribution is 5.64. The first kappa shape index (κ1) is 17.0. The van der Waals surface area contributed by atoms with Gasteiger partial charge in [0.15, 0.2) is 0 Å². The molecule has 1 fully saturated rings. The van der Waals surface area contributed by atoms with E-state index in [1.54, 1.807) is 12.1 Å². The lowest BCUT2D eigenvalue weighted by molar-refractivity contribution is 0.192. The minimum atomic E-state index is -0.175. The van der Waals surface area contributed by atoms with Gasteiger partial charge in [0.05, 0.1) is 0 Å². The minimum Gasteiger partial charge on any atom is -0.338 e. The molecule has 128 valence electrons. The molecule has 2 nitrogen and oxygen atoms in total. The summed E-state index contributed by atoms with van der Waals surface area (Å²) in [4.78, 5) is 4.87. The molecule has 24 heavy (non-hydrogen) atoms. The molecule has 0 N–H and O–H groups in total. The van der Waals surface area contributed by atoms with Crippen LogP contribution in [0.2, 0.25) is 0 Å². The first-order valence-electron chi connectivity index (χ1n) is 8.95. The van der Waals surface area contributed by atoms with E-state index in [1.807, 2.05) is 12.1 Å². The van der Waals surface area contributed by atoms with Crippen molar-refractivity contribution in [3.8, 4) is 0 Å². The molecule has 1 aliphatic heterocycles. The van der Waals surface area contributed by atoms with Crippen molar-refractivity contribution in [3.63, 3.8) is 0 Å². The SMILES string of the molecule is CC(C)CN1CCC(N(c2ccccc2)c2cccc(F)c2)CC1. The van der Waals surface area contributed by atoms with Crippen molar-refractivity contribution in [1.29, 1.82) is 0 Å². The molecule has 0 spiro atoms. The molecule has 3 rings (SSSR count). The fraction of sp³-hybridized carbons (Fsp3) is 0.429. The molecule has 0 amide bonds. The number of benzene rings is 2. The Bertz CT molecular complexity index is 633. The lowest BCUT2D eigenvalue weighted by Crippen LogP contribution is -2.44. The maximum Gasteiger partial charge on any atom is 0.125 e. The third-order valence-electron chi connectivity index (χ3n) is 4.67. The van der Waals surface area contributed by atoms with E-state index in [-0.39, 0.29) is 5.82 Å². The van der Waals surface area contributed by atoms with E-state index >= 15 is 0 Å². The molecule has 1 heterocycles. The van der Waals surface area contributed by atoms with Gasteiger partial charge in [-0.15, -0.1) is 0 Å². The van der Waals surface area contributed by atoms with E-state index in [9.17, 15) is 4.39 Å². The summed E-state index contributed by atoms with van der Waals surface area (Å²) >= 11 is 0. The quantitative estimate of drug-likeness (QED) is 0.755. The van der Waals surface area contributed by atoms with Gasteiger partial charge in [-0.3, -0.25) is 0 Å². The number of likely N-dealkylation sites (tertiary alicyclic amines) is 1. The maximum atomic E-state index is 13.8. The number of hydrogen-bond acceptors (Lipinski definition) is 2. The molecule has 1 saturated heterocycles. The van der Waals surface area contributed by atoms with Gasteiger partial charge in [0, 0.05) is 37.1 Å². The average Bonchev–Trinajstić information content (AvgIpc) is 2.57. The van der Waals surface area contributed by atoms with Gasteiger partial charge in [-0.05, 0) is 49.1 Å². The Morgan fingerprint density at radius 1 is 1.00 bits per heavy atom. The molecule has 0 bridgehead atoms. The number of piperidine rings is 1. The first-order chi connectivity index (χ1) is 11.6. The number of rotatable bonds is 5. The summed E-state index contributed by atoms with van der Waals surface area (Å²) in [7, 11) is 0. The molecule has 0 atom stereocenters. The Labute approximate surface area is 144 Å². The molecule has 3 heteroatoms. The number of nitrogens with zero attached hydrogens (tertiary/aromatic N) is 2. The highest BCUT2D eigenvalue weighted by Crippen LogP contribution is 2.32. The molecule has 0 radical (unpaired) electrons. The Morgan fingerprint density at radius 2 is 1.67 bits per heavy atom. The molecule has 0 saturated carbocycles. The van der Waals surface area contributed by atoms with Gasteiger partial charge in [-0.1, -0.05) is 38.1 Å². The van der Waals surface area contributed by atoms with Gasteiger partial charge in [0.25, 0.3) is 0 Å². The fourth-order valence-corrected chi connectivity index (χ4v) is 3.66. The van der Waals surface area contributed by atoms with Crippen LogP contribution in [-0.4, -0.2) is 30.6 Å². The summed E-state index contributed by atoms with van der Waals surface area (Å²) in [5.74, 6) is 0.528. The molecule has 0 unspecified atom stereocenters. The van der Waals surface area contributed by atoms with Crippen LogP contribution in [0.4, 0.5) is 15.8 Å².